The van der Waals surface area contributed by atoms with Crippen molar-refractivity contribution in [3.63, 3.8) is 0 Å². The van der Waals surface area contributed by atoms with Crippen LogP contribution in [0.5, 0.6) is 5.75 Å². The zero-order valence-electron chi connectivity index (χ0n) is 15.9. The van der Waals surface area contributed by atoms with E-state index in [-0.39, 0.29) is 11.3 Å². The molecular weight excluding hydrogens is 322 g/mol. The number of rotatable bonds is 6. The quantitative estimate of drug-likeness (QED) is 0.828. The van der Waals surface area contributed by atoms with Gasteiger partial charge in [0.25, 0.3) is 0 Å². The number of para-hydroxylation sites is 1. The number of nitrogens with one attached hydrogen (secondary N) is 1. The number of ether oxygens (including phenoxy) is 1. The van der Waals surface area contributed by atoms with Crippen molar-refractivity contribution in [2.45, 2.75) is 50.9 Å². The number of aryl methyl sites for hydroxylation is 1. The molecule has 1 N–H and O–H groups in total. The Bertz CT molecular complexity index is 730. The fourth-order valence-electron chi connectivity index (χ4n) is 4.06. The van der Waals surface area contributed by atoms with E-state index >= 15 is 0 Å². The van der Waals surface area contributed by atoms with Gasteiger partial charge in [-0.3, -0.25) is 4.79 Å². The maximum Gasteiger partial charge on any atom is 0.230 e. The van der Waals surface area contributed by atoms with Crippen molar-refractivity contribution in [1.29, 1.82) is 0 Å². The highest BCUT2D eigenvalue weighted by Crippen LogP contribution is 2.39. The van der Waals surface area contributed by atoms with Gasteiger partial charge in [0.05, 0.1) is 12.5 Å². The van der Waals surface area contributed by atoms with Crippen molar-refractivity contribution in [2.24, 2.45) is 0 Å². The molecule has 0 bridgehead atoms. The van der Waals surface area contributed by atoms with Crippen LogP contribution in [-0.2, 0) is 16.6 Å². The van der Waals surface area contributed by atoms with E-state index in [0.29, 0.717) is 6.54 Å². The van der Waals surface area contributed by atoms with E-state index < -0.39 is 0 Å². The van der Waals surface area contributed by atoms with E-state index in [1.54, 1.807) is 7.11 Å². The highest BCUT2D eigenvalue weighted by Gasteiger charge is 2.40. The Balaban J connectivity index is 1.71. The standard InChI is InChI=1S/C23H29NO2/c1-18-10-12-20(13-11-18)23(15-6-3-7-16-23)22(25)24-17-14-19-8-4-5-9-21(19)26-2/h4-5,8-13H,3,6-7,14-17H2,1-2H3,(H,24,25). The summed E-state index contributed by atoms with van der Waals surface area (Å²) < 4.78 is 5.41. The molecule has 0 saturated heterocycles. The topological polar surface area (TPSA) is 38.3 Å². The van der Waals surface area contributed by atoms with Gasteiger partial charge in [0.1, 0.15) is 5.75 Å². The third-order valence-corrected chi connectivity index (χ3v) is 5.62. The van der Waals surface area contributed by atoms with E-state index in [0.717, 1.165) is 49.0 Å². The summed E-state index contributed by atoms with van der Waals surface area (Å²) in [6.07, 6.45) is 6.12. The lowest BCUT2D eigenvalue weighted by molar-refractivity contribution is -0.128. The lowest BCUT2D eigenvalue weighted by atomic mass is 9.68. The Hall–Kier alpha value is -2.29. The molecule has 2 aromatic carbocycles. The molecule has 1 aliphatic rings. The summed E-state index contributed by atoms with van der Waals surface area (Å²) in [5.74, 6) is 1.06. The minimum absolute atomic E-state index is 0.177. The first-order chi connectivity index (χ1) is 12.7. The van der Waals surface area contributed by atoms with Crippen molar-refractivity contribution in [1.82, 2.24) is 5.32 Å². The molecule has 0 radical (unpaired) electrons. The fraction of sp³-hybridized carbons (Fsp3) is 0.435. The second-order valence-electron chi connectivity index (χ2n) is 7.33. The second-order valence-corrected chi connectivity index (χ2v) is 7.33. The van der Waals surface area contributed by atoms with Crippen LogP contribution < -0.4 is 10.1 Å². The summed E-state index contributed by atoms with van der Waals surface area (Å²) in [5, 5.41) is 3.21. The lowest BCUT2D eigenvalue weighted by Crippen LogP contribution is -2.46. The van der Waals surface area contributed by atoms with Crippen molar-refractivity contribution in [3.05, 3.63) is 65.2 Å². The van der Waals surface area contributed by atoms with Gasteiger partial charge in [-0.05, 0) is 43.4 Å². The molecule has 0 aliphatic heterocycles. The molecule has 26 heavy (non-hydrogen) atoms. The van der Waals surface area contributed by atoms with E-state index in [4.69, 9.17) is 4.74 Å². The van der Waals surface area contributed by atoms with Gasteiger partial charge >= 0.3 is 0 Å². The summed E-state index contributed by atoms with van der Waals surface area (Å²) in [5.41, 5.74) is 3.16. The van der Waals surface area contributed by atoms with Crippen LogP contribution in [0.3, 0.4) is 0 Å². The van der Waals surface area contributed by atoms with Crippen LogP contribution in [-0.4, -0.2) is 19.6 Å². The number of benzene rings is 2. The van der Waals surface area contributed by atoms with Gasteiger partial charge in [-0.25, -0.2) is 0 Å². The molecule has 0 aromatic heterocycles. The summed E-state index contributed by atoms with van der Waals surface area (Å²) in [6, 6.07) is 16.5. The van der Waals surface area contributed by atoms with E-state index in [1.165, 1.54) is 12.0 Å². The van der Waals surface area contributed by atoms with Gasteiger partial charge in [-0.1, -0.05) is 67.3 Å². The zero-order valence-corrected chi connectivity index (χ0v) is 15.9. The number of hydrogen-bond acceptors (Lipinski definition) is 2. The van der Waals surface area contributed by atoms with Gasteiger partial charge in [0.15, 0.2) is 0 Å². The van der Waals surface area contributed by atoms with Crippen LogP contribution in [0.15, 0.2) is 48.5 Å². The van der Waals surface area contributed by atoms with Crippen LogP contribution in [0.1, 0.15) is 48.8 Å². The Morgan fingerprint density at radius 3 is 2.42 bits per heavy atom. The van der Waals surface area contributed by atoms with E-state index in [2.05, 4.69) is 42.6 Å². The number of carbonyl (C=O) groups is 1. The zero-order chi connectivity index (χ0) is 18.4. The molecule has 1 amide bonds. The molecule has 2 aromatic rings. The van der Waals surface area contributed by atoms with Crippen LogP contribution in [0.25, 0.3) is 0 Å². The second kappa shape index (κ2) is 8.39. The molecule has 1 fully saturated rings. The van der Waals surface area contributed by atoms with Crippen molar-refractivity contribution < 1.29 is 9.53 Å². The first-order valence-corrected chi connectivity index (χ1v) is 9.63. The molecule has 138 valence electrons. The van der Waals surface area contributed by atoms with E-state index in [1.807, 2.05) is 18.2 Å². The van der Waals surface area contributed by atoms with Gasteiger partial charge in [-0.15, -0.1) is 0 Å². The van der Waals surface area contributed by atoms with Gasteiger partial charge in [0.2, 0.25) is 5.91 Å². The molecule has 1 aliphatic carbocycles. The van der Waals surface area contributed by atoms with E-state index in [9.17, 15) is 4.79 Å². The van der Waals surface area contributed by atoms with Crippen molar-refractivity contribution >= 4 is 5.91 Å². The van der Waals surface area contributed by atoms with Crippen LogP contribution in [0.2, 0.25) is 0 Å². The third kappa shape index (κ3) is 3.92. The minimum atomic E-state index is -0.368. The number of hydrogen-bond donors (Lipinski definition) is 1. The molecule has 3 nitrogen and oxygen atoms in total. The minimum Gasteiger partial charge on any atom is -0.496 e. The van der Waals surface area contributed by atoms with Gasteiger partial charge in [-0.2, -0.15) is 0 Å². The lowest BCUT2D eigenvalue weighted by Gasteiger charge is -2.36. The SMILES string of the molecule is COc1ccccc1CCNC(=O)C1(c2ccc(C)cc2)CCCCC1. The Kier molecular flexibility index (Phi) is 5.97. The maximum absolute atomic E-state index is 13.2. The number of methoxy groups -OCH3 is 1. The predicted octanol–water partition coefficient (Wildman–Crippen LogP) is 4.56. The number of amides is 1. The molecule has 3 rings (SSSR count). The van der Waals surface area contributed by atoms with Gasteiger partial charge < -0.3 is 10.1 Å². The third-order valence-electron chi connectivity index (χ3n) is 5.62. The smallest absolute Gasteiger partial charge is 0.230 e. The molecule has 1 saturated carbocycles. The molecule has 3 heteroatoms. The summed E-state index contributed by atoms with van der Waals surface area (Å²) >= 11 is 0. The van der Waals surface area contributed by atoms with Gasteiger partial charge in [0, 0.05) is 6.54 Å². The highest BCUT2D eigenvalue weighted by atomic mass is 16.5. The predicted molar refractivity (Wildman–Crippen MR) is 106 cm³/mol. The molecule has 0 unspecified atom stereocenters. The molecular formula is C23H29NO2. The average molecular weight is 351 g/mol. The number of carbonyl (C=O) groups excluding carboxylic acids is 1. The first-order valence-electron chi connectivity index (χ1n) is 9.63. The van der Waals surface area contributed by atoms with Crippen LogP contribution in [0.4, 0.5) is 0 Å². The highest BCUT2D eigenvalue weighted by molar-refractivity contribution is 5.88. The van der Waals surface area contributed by atoms with Crippen LogP contribution >= 0.6 is 0 Å². The largest absolute Gasteiger partial charge is 0.496 e. The molecule has 0 heterocycles. The normalized spacial score (nSPS) is 16.1. The van der Waals surface area contributed by atoms with Crippen molar-refractivity contribution in [2.75, 3.05) is 13.7 Å². The molecule has 0 atom stereocenters. The van der Waals surface area contributed by atoms with Crippen molar-refractivity contribution in [3.8, 4) is 5.75 Å². The monoisotopic (exact) mass is 351 g/mol. The Morgan fingerprint density at radius 2 is 1.73 bits per heavy atom. The fourth-order valence-corrected chi connectivity index (χ4v) is 4.06. The first kappa shape index (κ1) is 18.5. The summed E-state index contributed by atoms with van der Waals surface area (Å²) in [4.78, 5) is 13.2. The molecule has 0 spiro atoms. The summed E-state index contributed by atoms with van der Waals surface area (Å²) in [7, 11) is 1.69. The average Bonchev–Trinajstić information content (AvgIpc) is 2.69. The Labute approximate surface area is 156 Å². The van der Waals surface area contributed by atoms with Crippen LogP contribution in [0, 0.1) is 6.92 Å². The maximum atomic E-state index is 13.2. The summed E-state index contributed by atoms with van der Waals surface area (Å²) in [6.45, 7) is 2.72. The Morgan fingerprint density at radius 1 is 1.04 bits per heavy atom.